The Morgan fingerprint density at radius 2 is 1.56 bits per heavy atom. The first-order valence-corrected chi connectivity index (χ1v) is 13.3. The van der Waals surface area contributed by atoms with Gasteiger partial charge in [-0.05, 0) is 61.4 Å². The third-order valence-corrected chi connectivity index (χ3v) is 7.81. The molecule has 0 aliphatic heterocycles. The maximum absolute atomic E-state index is 12.9. The summed E-state index contributed by atoms with van der Waals surface area (Å²) in [5.41, 5.74) is -0.0958. The van der Waals surface area contributed by atoms with Crippen molar-refractivity contribution in [1.82, 2.24) is 10.3 Å². The van der Waals surface area contributed by atoms with E-state index in [1.807, 2.05) is 25.1 Å². The number of amides is 1. The summed E-state index contributed by atoms with van der Waals surface area (Å²) in [6.45, 7) is 1.88. The van der Waals surface area contributed by atoms with Crippen molar-refractivity contribution in [1.29, 1.82) is 0 Å². The average Bonchev–Trinajstić information content (AvgIpc) is 2.91. The van der Waals surface area contributed by atoms with E-state index in [2.05, 4.69) is 22.4 Å². The van der Waals surface area contributed by atoms with E-state index in [1.165, 1.54) is 31.2 Å². The number of carboxylic acids is 3. The molecule has 5 N–H and O–H groups in total. The molecule has 41 heavy (non-hydrogen) atoms. The Labute approximate surface area is 237 Å². The number of carboxylic acid groups (broad SMARTS) is 3. The van der Waals surface area contributed by atoms with E-state index in [1.54, 1.807) is 20.4 Å². The van der Waals surface area contributed by atoms with Gasteiger partial charge in [-0.1, -0.05) is 18.9 Å². The van der Waals surface area contributed by atoms with Crippen LogP contribution in [0.25, 0.3) is 0 Å². The number of carbonyl (C=O) groups excluding carboxylic acids is 1. The van der Waals surface area contributed by atoms with Crippen LogP contribution < -0.4 is 14.8 Å². The number of fused-ring (bicyclic) bond motifs is 1. The molecule has 0 saturated heterocycles. The van der Waals surface area contributed by atoms with Crippen molar-refractivity contribution in [2.45, 2.75) is 63.0 Å². The van der Waals surface area contributed by atoms with Crippen molar-refractivity contribution in [3.63, 3.8) is 0 Å². The van der Waals surface area contributed by atoms with Crippen LogP contribution in [0.5, 0.6) is 11.5 Å². The molecule has 12 heteroatoms. The fourth-order valence-electron chi connectivity index (χ4n) is 5.85. The van der Waals surface area contributed by atoms with Crippen LogP contribution in [-0.4, -0.2) is 75.1 Å². The van der Waals surface area contributed by atoms with Gasteiger partial charge in [-0.2, -0.15) is 0 Å². The Morgan fingerprint density at radius 3 is 2.10 bits per heavy atom. The SMILES string of the molecule is COc1ccc([C@H]2C3CCCCC3[C@@H]2NC(=O)c2cccnc2C)cc1OC.O=C(O)CC(O)(CC(=O)O)C(=O)O. The first-order chi connectivity index (χ1) is 19.4. The third kappa shape index (κ3) is 7.31. The summed E-state index contributed by atoms with van der Waals surface area (Å²) in [4.78, 5) is 47.7. The molecule has 1 aromatic carbocycles. The van der Waals surface area contributed by atoms with E-state index in [0.717, 1.165) is 17.2 Å². The van der Waals surface area contributed by atoms with Gasteiger partial charge in [0.1, 0.15) is 0 Å². The van der Waals surface area contributed by atoms with Crippen molar-refractivity contribution < 1.29 is 49.1 Å². The highest BCUT2D eigenvalue weighted by Gasteiger charge is 2.52. The minimum Gasteiger partial charge on any atom is -0.493 e. The van der Waals surface area contributed by atoms with Crippen LogP contribution in [0.2, 0.25) is 0 Å². The molecule has 222 valence electrons. The van der Waals surface area contributed by atoms with Crippen LogP contribution in [0.3, 0.4) is 0 Å². The van der Waals surface area contributed by atoms with Gasteiger partial charge in [0.05, 0.1) is 32.6 Å². The summed E-state index contributed by atoms with van der Waals surface area (Å²) >= 11 is 0. The molecule has 12 nitrogen and oxygen atoms in total. The van der Waals surface area contributed by atoms with Gasteiger partial charge < -0.3 is 35.2 Å². The van der Waals surface area contributed by atoms with Gasteiger partial charge in [-0.25, -0.2) is 4.79 Å². The molecular weight excluding hydrogens is 536 g/mol. The summed E-state index contributed by atoms with van der Waals surface area (Å²) in [5.74, 6) is -2.09. The second-order valence-corrected chi connectivity index (χ2v) is 10.4. The Morgan fingerprint density at radius 1 is 0.951 bits per heavy atom. The Kier molecular flexibility index (Phi) is 10.3. The van der Waals surface area contributed by atoms with Gasteiger partial charge in [-0.15, -0.1) is 0 Å². The maximum atomic E-state index is 12.9. The van der Waals surface area contributed by atoms with Crippen molar-refractivity contribution >= 4 is 23.8 Å². The molecule has 4 atom stereocenters. The first-order valence-electron chi connectivity index (χ1n) is 13.3. The summed E-state index contributed by atoms with van der Waals surface area (Å²) in [5, 5.41) is 37.1. The number of methoxy groups -OCH3 is 2. The zero-order chi connectivity index (χ0) is 30.3. The van der Waals surface area contributed by atoms with Gasteiger partial charge in [-0.3, -0.25) is 19.4 Å². The molecular formula is C29H36N2O10. The lowest BCUT2D eigenvalue weighted by atomic mass is 9.53. The number of aryl methyl sites for hydroxylation is 1. The number of aromatic nitrogens is 1. The highest BCUT2D eigenvalue weighted by Crippen LogP contribution is 2.55. The second kappa shape index (κ2) is 13.4. The van der Waals surface area contributed by atoms with E-state index in [4.69, 9.17) is 29.9 Å². The smallest absolute Gasteiger partial charge is 0.336 e. The van der Waals surface area contributed by atoms with Gasteiger partial charge in [0, 0.05) is 23.9 Å². The van der Waals surface area contributed by atoms with Crippen LogP contribution >= 0.6 is 0 Å². The molecule has 2 unspecified atom stereocenters. The number of aliphatic carboxylic acids is 3. The zero-order valence-corrected chi connectivity index (χ0v) is 23.2. The fourth-order valence-corrected chi connectivity index (χ4v) is 5.85. The standard InChI is InChI=1S/C23H28N2O3.C6H8O7/c1-14-16(9-6-12-24-14)23(26)25-22-18-8-5-4-7-17(18)21(22)15-10-11-19(27-2)20(13-15)28-3;7-3(8)1-6(13,5(11)12)2-4(9)10/h6,9-13,17-18,21-22H,4-5,7-8H2,1-3H3,(H,25,26);13H,1-2H2,(H,7,8)(H,9,10)(H,11,12)/t17?,18?,21-,22-;/m0./s1. The molecule has 2 aromatic rings. The fraction of sp³-hybridized carbons (Fsp3) is 0.483. The number of pyridine rings is 1. The van der Waals surface area contributed by atoms with Crippen LogP contribution in [0, 0.1) is 18.8 Å². The number of benzene rings is 1. The van der Waals surface area contributed by atoms with E-state index in [0.29, 0.717) is 23.3 Å². The van der Waals surface area contributed by atoms with Crippen LogP contribution in [0.1, 0.15) is 66.1 Å². The van der Waals surface area contributed by atoms with Gasteiger partial charge in [0.25, 0.3) is 5.91 Å². The number of hydrogen-bond acceptors (Lipinski definition) is 8. The van der Waals surface area contributed by atoms with Gasteiger partial charge in [0.2, 0.25) is 0 Å². The number of hydrogen-bond donors (Lipinski definition) is 5. The molecule has 1 aromatic heterocycles. The normalized spacial score (nSPS) is 21.2. The molecule has 0 bridgehead atoms. The number of rotatable bonds is 10. The van der Waals surface area contributed by atoms with E-state index in [9.17, 15) is 19.2 Å². The lowest BCUT2D eigenvalue weighted by Gasteiger charge is -2.55. The zero-order valence-electron chi connectivity index (χ0n) is 23.2. The Balaban J connectivity index is 0.000000302. The monoisotopic (exact) mass is 572 g/mol. The first kappa shape index (κ1) is 31.3. The lowest BCUT2D eigenvalue weighted by Crippen LogP contribution is -2.59. The molecule has 2 aliphatic rings. The lowest BCUT2D eigenvalue weighted by molar-refractivity contribution is -0.170. The highest BCUT2D eigenvalue weighted by atomic mass is 16.5. The number of nitrogens with zero attached hydrogens (tertiary/aromatic N) is 1. The average molecular weight is 573 g/mol. The quantitative estimate of drug-likeness (QED) is 0.281. The second-order valence-electron chi connectivity index (χ2n) is 10.4. The highest BCUT2D eigenvalue weighted by molar-refractivity contribution is 5.95. The summed E-state index contributed by atoms with van der Waals surface area (Å²) < 4.78 is 10.9. The number of ether oxygens (including phenoxy) is 2. The number of nitrogens with one attached hydrogen (secondary N) is 1. The largest absolute Gasteiger partial charge is 0.493 e. The van der Waals surface area contributed by atoms with Gasteiger partial charge >= 0.3 is 17.9 Å². The number of aliphatic hydroxyl groups is 1. The molecule has 4 rings (SSSR count). The molecule has 2 saturated carbocycles. The van der Waals surface area contributed by atoms with Gasteiger partial charge in [0.15, 0.2) is 17.1 Å². The molecule has 0 radical (unpaired) electrons. The third-order valence-electron chi connectivity index (χ3n) is 7.81. The van der Waals surface area contributed by atoms with E-state index in [-0.39, 0.29) is 11.9 Å². The predicted octanol–water partition coefficient (Wildman–Crippen LogP) is 2.86. The topological polar surface area (TPSA) is 193 Å². The predicted molar refractivity (Wildman–Crippen MR) is 145 cm³/mol. The van der Waals surface area contributed by atoms with E-state index < -0.39 is 36.4 Å². The van der Waals surface area contributed by atoms with E-state index >= 15 is 0 Å². The van der Waals surface area contributed by atoms with Crippen molar-refractivity contribution in [2.75, 3.05) is 14.2 Å². The molecule has 1 heterocycles. The minimum absolute atomic E-state index is 0.0231. The molecule has 2 fully saturated rings. The van der Waals surface area contributed by atoms with Crippen molar-refractivity contribution in [3.8, 4) is 11.5 Å². The molecule has 2 aliphatic carbocycles. The minimum atomic E-state index is -2.74. The summed E-state index contributed by atoms with van der Waals surface area (Å²) in [6.07, 6.45) is 4.36. The van der Waals surface area contributed by atoms with Crippen LogP contribution in [-0.2, 0) is 14.4 Å². The molecule has 1 amide bonds. The van der Waals surface area contributed by atoms with Crippen molar-refractivity contribution in [3.05, 3.63) is 53.3 Å². The molecule has 0 spiro atoms. The summed E-state index contributed by atoms with van der Waals surface area (Å²) in [7, 11) is 3.31. The summed E-state index contributed by atoms with van der Waals surface area (Å²) in [6, 6.07) is 9.97. The Bertz CT molecular complexity index is 1260. The maximum Gasteiger partial charge on any atom is 0.336 e. The number of carbonyl (C=O) groups is 4. The Hall–Kier alpha value is -4.19. The van der Waals surface area contributed by atoms with Crippen molar-refractivity contribution in [2.24, 2.45) is 11.8 Å². The van der Waals surface area contributed by atoms with Crippen LogP contribution in [0.4, 0.5) is 0 Å². The van der Waals surface area contributed by atoms with Crippen LogP contribution in [0.15, 0.2) is 36.5 Å².